The molecule has 0 spiro atoms. The lowest BCUT2D eigenvalue weighted by molar-refractivity contribution is -0.138. The summed E-state index contributed by atoms with van der Waals surface area (Å²) in [5.41, 5.74) is -0.873. The number of carbonyl (C=O) groups is 1. The van der Waals surface area contributed by atoms with Crippen LogP contribution in [0.5, 0.6) is 0 Å². The Morgan fingerprint density at radius 3 is 2.44 bits per heavy atom. The quantitative estimate of drug-likeness (QED) is 0.478. The summed E-state index contributed by atoms with van der Waals surface area (Å²) in [5, 5.41) is 0.771. The van der Waals surface area contributed by atoms with Gasteiger partial charge < -0.3 is 0 Å². The average Bonchev–Trinajstić information content (AvgIpc) is 2.16. The van der Waals surface area contributed by atoms with Gasteiger partial charge in [0.1, 0.15) is 0 Å². The van der Waals surface area contributed by atoms with E-state index in [2.05, 4.69) is 0 Å². The first kappa shape index (κ1) is 12.5. The maximum atomic E-state index is 12.5. The van der Waals surface area contributed by atoms with Crippen molar-refractivity contribution >= 4 is 5.91 Å². The number of hydrogen-bond acceptors (Lipinski definition) is 2. The van der Waals surface area contributed by atoms with Crippen LogP contribution in [0.4, 0.5) is 13.2 Å². The Morgan fingerprint density at radius 1 is 1.38 bits per heavy atom. The minimum absolute atomic E-state index is 0.0719. The van der Waals surface area contributed by atoms with Gasteiger partial charge in [-0.1, -0.05) is 18.2 Å². The Labute approximate surface area is 90.6 Å². The van der Waals surface area contributed by atoms with Crippen molar-refractivity contribution in [1.82, 2.24) is 5.01 Å². The molecule has 0 aliphatic rings. The van der Waals surface area contributed by atoms with Crippen molar-refractivity contribution < 1.29 is 18.0 Å². The van der Waals surface area contributed by atoms with Gasteiger partial charge in [-0.2, -0.15) is 13.2 Å². The number of halogens is 3. The molecule has 1 aromatic carbocycles. The summed E-state index contributed by atoms with van der Waals surface area (Å²) in [7, 11) is 1.29. The Bertz CT molecular complexity index is 388. The van der Waals surface area contributed by atoms with Gasteiger partial charge in [0.15, 0.2) is 0 Å². The lowest BCUT2D eigenvalue weighted by atomic mass is 10.0. The summed E-state index contributed by atoms with van der Waals surface area (Å²) in [6.45, 7) is 0. The summed E-state index contributed by atoms with van der Waals surface area (Å²) in [5.74, 6) is 4.57. The third-order valence-corrected chi connectivity index (χ3v) is 2.06. The third kappa shape index (κ3) is 2.96. The third-order valence-electron chi connectivity index (χ3n) is 2.06. The second-order valence-electron chi connectivity index (χ2n) is 3.34. The molecule has 2 N–H and O–H groups in total. The molecule has 0 aliphatic carbocycles. The minimum Gasteiger partial charge on any atom is -0.284 e. The van der Waals surface area contributed by atoms with Crippen LogP contribution < -0.4 is 5.84 Å². The maximum Gasteiger partial charge on any atom is 0.416 e. The minimum atomic E-state index is -4.45. The molecule has 1 amide bonds. The predicted molar refractivity (Wildman–Crippen MR) is 52.1 cm³/mol. The molecular formula is C10H11F3N2O. The van der Waals surface area contributed by atoms with Crippen LogP contribution in [-0.4, -0.2) is 18.0 Å². The van der Waals surface area contributed by atoms with Gasteiger partial charge in [-0.05, 0) is 11.6 Å². The lowest BCUT2D eigenvalue weighted by Crippen LogP contribution is -2.34. The van der Waals surface area contributed by atoms with Crippen LogP contribution in [0.1, 0.15) is 11.1 Å². The van der Waals surface area contributed by atoms with Crippen LogP contribution in [0.2, 0.25) is 0 Å². The van der Waals surface area contributed by atoms with Crippen molar-refractivity contribution in [2.75, 3.05) is 7.05 Å². The Morgan fingerprint density at radius 2 is 1.94 bits per heavy atom. The van der Waals surface area contributed by atoms with Gasteiger partial charge in [0.05, 0.1) is 12.0 Å². The van der Waals surface area contributed by atoms with Crippen LogP contribution in [0.3, 0.4) is 0 Å². The maximum absolute atomic E-state index is 12.5. The van der Waals surface area contributed by atoms with Crippen LogP contribution in [0.15, 0.2) is 24.3 Å². The first-order chi connectivity index (χ1) is 7.32. The molecule has 16 heavy (non-hydrogen) atoms. The first-order valence-corrected chi connectivity index (χ1v) is 4.48. The van der Waals surface area contributed by atoms with Gasteiger partial charge in [-0.15, -0.1) is 0 Å². The summed E-state index contributed by atoms with van der Waals surface area (Å²) in [4.78, 5) is 11.2. The smallest absolute Gasteiger partial charge is 0.284 e. The summed E-state index contributed by atoms with van der Waals surface area (Å²) >= 11 is 0. The standard InChI is InChI=1S/C10H11F3N2O/c1-15(14)9(16)6-7-4-2-3-5-8(7)10(11,12)13/h2-5H,6,14H2,1H3. The van der Waals surface area contributed by atoms with E-state index >= 15 is 0 Å². The first-order valence-electron chi connectivity index (χ1n) is 4.48. The molecule has 6 heteroatoms. The normalized spacial score (nSPS) is 11.3. The highest BCUT2D eigenvalue weighted by Crippen LogP contribution is 2.32. The van der Waals surface area contributed by atoms with E-state index in [1.165, 1.54) is 25.2 Å². The zero-order valence-electron chi connectivity index (χ0n) is 8.58. The zero-order valence-corrected chi connectivity index (χ0v) is 8.58. The molecule has 0 bridgehead atoms. The van der Waals surface area contributed by atoms with E-state index < -0.39 is 17.6 Å². The van der Waals surface area contributed by atoms with E-state index in [9.17, 15) is 18.0 Å². The van der Waals surface area contributed by atoms with Crippen LogP contribution in [-0.2, 0) is 17.4 Å². The molecule has 3 nitrogen and oxygen atoms in total. The molecule has 0 radical (unpaired) electrons. The van der Waals surface area contributed by atoms with E-state index in [4.69, 9.17) is 5.84 Å². The van der Waals surface area contributed by atoms with Crippen LogP contribution in [0.25, 0.3) is 0 Å². The highest BCUT2D eigenvalue weighted by molar-refractivity contribution is 5.78. The molecule has 1 aromatic rings. The van der Waals surface area contributed by atoms with Crippen LogP contribution >= 0.6 is 0 Å². The van der Waals surface area contributed by atoms with Crippen molar-refractivity contribution in [1.29, 1.82) is 0 Å². The molecule has 0 atom stereocenters. The van der Waals surface area contributed by atoms with Crippen molar-refractivity contribution in [3.8, 4) is 0 Å². The number of rotatable bonds is 2. The summed E-state index contributed by atoms with van der Waals surface area (Å²) in [6.07, 6.45) is -4.81. The number of likely N-dealkylation sites (N-methyl/N-ethyl adjacent to an activating group) is 1. The molecule has 0 aromatic heterocycles. The van der Waals surface area contributed by atoms with Crippen molar-refractivity contribution in [3.05, 3.63) is 35.4 Å². The molecule has 0 saturated carbocycles. The fourth-order valence-electron chi connectivity index (χ4n) is 1.24. The highest BCUT2D eigenvalue weighted by Gasteiger charge is 2.33. The largest absolute Gasteiger partial charge is 0.416 e. The van der Waals surface area contributed by atoms with Gasteiger partial charge in [0.2, 0.25) is 5.91 Å². The number of nitrogens with two attached hydrogens (primary N) is 1. The van der Waals surface area contributed by atoms with Gasteiger partial charge in [-0.3, -0.25) is 9.80 Å². The molecule has 0 unspecified atom stereocenters. The van der Waals surface area contributed by atoms with Crippen molar-refractivity contribution in [3.63, 3.8) is 0 Å². The molecule has 0 heterocycles. The number of carbonyl (C=O) groups excluding carboxylic acids is 1. The van der Waals surface area contributed by atoms with E-state index in [-0.39, 0.29) is 12.0 Å². The second-order valence-corrected chi connectivity index (χ2v) is 3.34. The monoisotopic (exact) mass is 232 g/mol. The number of amides is 1. The van der Waals surface area contributed by atoms with E-state index in [0.717, 1.165) is 11.1 Å². The molecule has 88 valence electrons. The van der Waals surface area contributed by atoms with Gasteiger partial charge in [0, 0.05) is 7.05 Å². The van der Waals surface area contributed by atoms with E-state index in [1.54, 1.807) is 0 Å². The van der Waals surface area contributed by atoms with Gasteiger partial charge in [-0.25, -0.2) is 5.84 Å². The van der Waals surface area contributed by atoms with E-state index in [0.29, 0.717) is 0 Å². The van der Waals surface area contributed by atoms with Crippen LogP contribution in [0, 0.1) is 0 Å². The second kappa shape index (κ2) is 4.52. The number of alkyl halides is 3. The van der Waals surface area contributed by atoms with Crippen molar-refractivity contribution in [2.24, 2.45) is 5.84 Å². The number of hydrogen-bond donors (Lipinski definition) is 1. The molecular weight excluding hydrogens is 221 g/mol. The fraction of sp³-hybridized carbons (Fsp3) is 0.300. The Kier molecular flexibility index (Phi) is 3.54. The Balaban J connectivity index is 3.01. The van der Waals surface area contributed by atoms with Gasteiger partial charge in [0.25, 0.3) is 0 Å². The Hall–Kier alpha value is -1.56. The van der Waals surface area contributed by atoms with Crippen molar-refractivity contribution in [2.45, 2.75) is 12.6 Å². The highest BCUT2D eigenvalue weighted by atomic mass is 19.4. The fourth-order valence-corrected chi connectivity index (χ4v) is 1.24. The predicted octanol–water partition coefficient (Wildman–Crippen LogP) is 1.58. The number of benzene rings is 1. The molecule has 0 aliphatic heterocycles. The average molecular weight is 232 g/mol. The summed E-state index contributed by atoms with van der Waals surface area (Å²) < 4.78 is 37.6. The van der Waals surface area contributed by atoms with Gasteiger partial charge >= 0.3 is 6.18 Å². The zero-order chi connectivity index (χ0) is 12.3. The lowest BCUT2D eigenvalue weighted by Gasteiger charge is -2.14. The molecule has 0 fully saturated rings. The molecule has 1 rings (SSSR count). The topological polar surface area (TPSA) is 46.3 Å². The number of hydrazine groups is 1. The molecule has 0 saturated heterocycles. The summed E-state index contributed by atoms with van der Waals surface area (Å²) in [6, 6.07) is 4.95. The van der Waals surface area contributed by atoms with E-state index in [1.807, 2.05) is 0 Å². The SMILES string of the molecule is CN(N)C(=O)Cc1ccccc1C(F)(F)F. The number of nitrogens with zero attached hydrogens (tertiary/aromatic N) is 1.